The molecule has 28 heavy (non-hydrogen) atoms. The first-order valence-electron chi connectivity index (χ1n) is 9.20. The topological polar surface area (TPSA) is 75.2 Å². The molecular formula is C19H30FIN4O3. The minimum absolute atomic E-state index is 0. The van der Waals surface area contributed by atoms with Crippen LogP contribution in [0.5, 0.6) is 5.75 Å². The standard InChI is InChI=1S/C19H29FN4O3.HI/c1-14(27-16-8-6-15(20)7-9-16)11-21-19(23-13-18(25)24(2)3)22-12-17-5-4-10-26-17;/h6-9,14,17H,4-5,10-13H2,1-3H3,(H2,21,22,23);1H. The molecule has 158 valence electrons. The summed E-state index contributed by atoms with van der Waals surface area (Å²) in [4.78, 5) is 17.6. The molecule has 0 aliphatic carbocycles. The largest absolute Gasteiger partial charge is 0.489 e. The fourth-order valence-corrected chi connectivity index (χ4v) is 2.51. The lowest BCUT2D eigenvalue weighted by Gasteiger charge is -2.19. The highest BCUT2D eigenvalue weighted by Crippen LogP contribution is 2.13. The third-order valence-electron chi connectivity index (χ3n) is 4.10. The highest BCUT2D eigenvalue weighted by molar-refractivity contribution is 14.0. The molecule has 2 rings (SSSR count). The van der Waals surface area contributed by atoms with E-state index in [2.05, 4.69) is 15.6 Å². The van der Waals surface area contributed by atoms with E-state index >= 15 is 0 Å². The molecule has 1 saturated heterocycles. The SMILES string of the molecule is CC(CNC(=NCC(=O)N(C)C)NCC1CCCO1)Oc1ccc(F)cc1.I. The number of nitrogens with zero attached hydrogens (tertiary/aromatic N) is 2. The molecule has 2 unspecified atom stereocenters. The first kappa shape index (κ1) is 24.4. The molecule has 7 nitrogen and oxygen atoms in total. The third kappa shape index (κ3) is 9.05. The van der Waals surface area contributed by atoms with E-state index in [-0.39, 0.29) is 54.5 Å². The van der Waals surface area contributed by atoms with Crippen molar-refractivity contribution < 1.29 is 18.7 Å². The van der Waals surface area contributed by atoms with Crippen molar-refractivity contribution in [2.75, 3.05) is 40.3 Å². The molecule has 2 N–H and O–H groups in total. The Morgan fingerprint density at radius 3 is 2.68 bits per heavy atom. The third-order valence-corrected chi connectivity index (χ3v) is 4.10. The number of carbonyl (C=O) groups is 1. The van der Waals surface area contributed by atoms with Gasteiger partial charge in [0.1, 0.15) is 24.2 Å². The molecule has 0 bridgehead atoms. The summed E-state index contributed by atoms with van der Waals surface area (Å²) in [6.45, 7) is 3.86. The molecule has 0 radical (unpaired) electrons. The van der Waals surface area contributed by atoms with Gasteiger partial charge in [-0.2, -0.15) is 0 Å². The van der Waals surface area contributed by atoms with Crippen LogP contribution in [0.4, 0.5) is 4.39 Å². The van der Waals surface area contributed by atoms with Crippen LogP contribution in [0.15, 0.2) is 29.3 Å². The fourth-order valence-electron chi connectivity index (χ4n) is 2.51. The van der Waals surface area contributed by atoms with Crippen LogP contribution in [-0.4, -0.2) is 69.3 Å². The van der Waals surface area contributed by atoms with Crippen molar-refractivity contribution in [1.82, 2.24) is 15.5 Å². The van der Waals surface area contributed by atoms with Gasteiger partial charge in [0.05, 0.1) is 12.6 Å². The summed E-state index contributed by atoms with van der Waals surface area (Å²) in [7, 11) is 3.40. The van der Waals surface area contributed by atoms with Crippen molar-refractivity contribution in [1.29, 1.82) is 0 Å². The number of carbonyl (C=O) groups excluding carboxylic acids is 1. The number of hydrogen-bond acceptors (Lipinski definition) is 4. The van der Waals surface area contributed by atoms with E-state index < -0.39 is 0 Å². The van der Waals surface area contributed by atoms with E-state index in [1.165, 1.54) is 17.0 Å². The van der Waals surface area contributed by atoms with Gasteiger partial charge in [0.25, 0.3) is 0 Å². The fraction of sp³-hybridized carbons (Fsp3) is 0.579. The lowest BCUT2D eigenvalue weighted by atomic mass is 10.2. The molecular weight excluding hydrogens is 478 g/mol. The van der Waals surface area contributed by atoms with Gasteiger partial charge in [0.15, 0.2) is 5.96 Å². The van der Waals surface area contributed by atoms with Crippen LogP contribution in [0, 0.1) is 5.82 Å². The van der Waals surface area contributed by atoms with Crippen molar-refractivity contribution in [3.05, 3.63) is 30.1 Å². The predicted octanol–water partition coefficient (Wildman–Crippen LogP) is 2.01. The zero-order valence-corrected chi connectivity index (χ0v) is 18.9. The van der Waals surface area contributed by atoms with E-state index in [9.17, 15) is 9.18 Å². The summed E-state index contributed by atoms with van der Waals surface area (Å²) < 4.78 is 24.3. The minimum Gasteiger partial charge on any atom is -0.489 e. The highest BCUT2D eigenvalue weighted by atomic mass is 127. The van der Waals surface area contributed by atoms with E-state index in [4.69, 9.17) is 9.47 Å². The van der Waals surface area contributed by atoms with Crippen LogP contribution in [0.3, 0.4) is 0 Å². The summed E-state index contributed by atoms with van der Waals surface area (Å²) in [5.74, 6) is 0.754. The molecule has 1 aliphatic heterocycles. The Bertz CT molecular complexity index is 622. The highest BCUT2D eigenvalue weighted by Gasteiger charge is 2.16. The molecule has 2 atom stereocenters. The van der Waals surface area contributed by atoms with Crippen molar-refractivity contribution in [2.45, 2.75) is 32.0 Å². The lowest BCUT2D eigenvalue weighted by molar-refractivity contribution is -0.127. The van der Waals surface area contributed by atoms with Crippen LogP contribution >= 0.6 is 24.0 Å². The minimum atomic E-state index is -0.300. The first-order valence-corrected chi connectivity index (χ1v) is 9.20. The Labute approximate surface area is 183 Å². The Morgan fingerprint density at radius 2 is 2.07 bits per heavy atom. The quantitative estimate of drug-likeness (QED) is 0.320. The number of nitrogens with one attached hydrogen (secondary N) is 2. The summed E-state index contributed by atoms with van der Waals surface area (Å²) in [6.07, 6.45) is 2.07. The monoisotopic (exact) mass is 508 g/mol. The summed E-state index contributed by atoms with van der Waals surface area (Å²) >= 11 is 0. The first-order chi connectivity index (χ1) is 12.9. The number of aliphatic imine (C=N–C) groups is 1. The van der Waals surface area contributed by atoms with E-state index in [0.29, 0.717) is 24.8 Å². The number of halogens is 2. The summed E-state index contributed by atoms with van der Waals surface area (Å²) in [5, 5.41) is 6.40. The Balaban J connectivity index is 0.00000392. The second kappa shape index (κ2) is 12.8. The Hall–Kier alpha value is -1.62. The molecule has 1 aromatic rings. The lowest BCUT2D eigenvalue weighted by Crippen LogP contribution is -2.44. The van der Waals surface area contributed by atoms with Crippen LogP contribution < -0.4 is 15.4 Å². The zero-order chi connectivity index (χ0) is 19.6. The van der Waals surface area contributed by atoms with Gasteiger partial charge in [-0.3, -0.25) is 4.79 Å². The second-order valence-electron chi connectivity index (χ2n) is 6.73. The summed E-state index contributed by atoms with van der Waals surface area (Å²) in [5.41, 5.74) is 0. The van der Waals surface area contributed by atoms with Gasteiger partial charge in [-0.1, -0.05) is 0 Å². The molecule has 1 aromatic carbocycles. The van der Waals surface area contributed by atoms with Gasteiger partial charge in [-0.15, -0.1) is 24.0 Å². The normalized spacial score (nSPS) is 17.4. The number of hydrogen-bond donors (Lipinski definition) is 2. The maximum absolute atomic E-state index is 13.0. The number of likely N-dealkylation sites (N-methyl/N-ethyl adjacent to an activating group) is 1. The maximum atomic E-state index is 13.0. The molecule has 1 amide bonds. The van der Waals surface area contributed by atoms with Gasteiger partial charge in [0, 0.05) is 27.2 Å². The second-order valence-corrected chi connectivity index (χ2v) is 6.73. The molecule has 0 spiro atoms. The van der Waals surface area contributed by atoms with E-state index in [1.807, 2.05) is 6.92 Å². The van der Waals surface area contributed by atoms with Gasteiger partial charge in [-0.25, -0.2) is 9.38 Å². The van der Waals surface area contributed by atoms with E-state index in [0.717, 1.165) is 19.4 Å². The van der Waals surface area contributed by atoms with Crippen LogP contribution in [-0.2, 0) is 9.53 Å². The van der Waals surface area contributed by atoms with Gasteiger partial charge < -0.3 is 25.0 Å². The van der Waals surface area contributed by atoms with Gasteiger partial charge in [-0.05, 0) is 44.0 Å². The Morgan fingerprint density at radius 1 is 1.36 bits per heavy atom. The number of ether oxygens (including phenoxy) is 2. The number of rotatable bonds is 8. The molecule has 0 saturated carbocycles. The van der Waals surface area contributed by atoms with Gasteiger partial charge in [0.2, 0.25) is 5.91 Å². The smallest absolute Gasteiger partial charge is 0.243 e. The van der Waals surface area contributed by atoms with Gasteiger partial charge >= 0.3 is 0 Å². The van der Waals surface area contributed by atoms with Crippen molar-refractivity contribution in [3.63, 3.8) is 0 Å². The van der Waals surface area contributed by atoms with Crippen molar-refractivity contribution in [2.24, 2.45) is 4.99 Å². The Kier molecular flexibility index (Phi) is 11.1. The average molecular weight is 508 g/mol. The zero-order valence-electron chi connectivity index (χ0n) is 16.6. The average Bonchev–Trinajstić information content (AvgIpc) is 3.16. The maximum Gasteiger partial charge on any atom is 0.243 e. The molecule has 1 fully saturated rings. The molecule has 9 heteroatoms. The van der Waals surface area contributed by atoms with Crippen molar-refractivity contribution in [3.8, 4) is 5.75 Å². The van der Waals surface area contributed by atoms with Crippen LogP contribution in [0.25, 0.3) is 0 Å². The predicted molar refractivity (Wildman–Crippen MR) is 118 cm³/mol. The number of guanidine groups is 1. The van der Waals surface area contributed by atoms with E-state index in [1.54, 1.807) is 26.2 Å². The number of benzene rings is 1. The molecule has 1 heterocycles. The van der Waals surface area contributed by atoms with Crippen LogP contribution in [0.1, 0.15) is 19.8 Å². The summed E-state index contributed by atoms with van der Waals surface area (Å²) in [6, 6.07) is 5.90. The molecule has 1 aliphatic rings. The van der Waals surface area contributed by atoms with Crippen LogP contribution in [0.2, 0.25) is 0 Å². The molecule has 0 aromatic heterocycles. The number of amides is 1. The van der Waals surface area contributed by atoms with Crippen molar-refractivity contribution >= 4 is 35.8 Å².